The standard InChI is InChI=1S/C15H15N3O2/c1-2-16-13-5-3-4-6-14(13)18-17-12-9-7-11(8-10-12)15(19)20/h3-10,16H,2H2,1H3,(H,19,20). The Morgan fingerprint density at radius 1 is 1.10 bits per heavy atom. The first-order valence-electron chi connectivity index (χ1n) is 6.28. The second-order valence-electron chi connectivity index (χ2n) is 4.10. The fourth-order valence-electron chi connectivity index (χ4n) is 1.68. The van der Waals surface area contributed by atoms with Gasteiger partial charge in [-0.2, -0.15) is 5.11 Å². The highest BCUT2D eigenvalue weighted by molar-refractivity contribution is 5.87. The van der Waals surface area contributed by atoms with Crippen molar-refractivity contribution in [1.29, 1.82) is 0 Å². The topological polar surface area (TPSA) is 74.0 Å². The number of hydrogen-bond donors (Lipinski definition) is 2. The van der Waals surface area contributed by atoms with Gasteiger partial charge in [0.2, 0.25) is 0 Å². The Kier molecular flexibility index (Phi) is 4.44. The highest BCUT2D eigenvalue weighted by atomic mass is 16.4. The van der Waals surface area contributed by atoms with Crippen molar-refractivity contribution in [2.24, 2.45) is 10.2 Å². The minimum atomic E-state index is -0.953. The van der Waals surface area contributed by atoms with Crippen LogP contribution in [0.3, 0.4) is 0 Å². The van der Waals surface area contributed by atoms with Crippen LogP contribution >= 0.6 is 0 Å². The summed E-state index contributed by atoms with van der Waals surface area (Å²) in [6.07, 6.45) is 0. The van der Waals surface area contributed by atoms with Crippen molar-refractivity contribution in [2.75, 3.05) is 11.9 Å². The maximum absolute atomic E-state index is 10.7. The maximum atomic E-state index is 10.7. The van der Waals surface area contributed by atoms with Gasteiger partial charge in [-0.25, -0.2) is 4.79 Å². The van der Waals surface area contributed by atoms with Crippen LogP contribution in [0.15, 0.2) is 58.8 Å². The SMILES string of the molecule is CCNc1ccccc1N=Nc1ccc(C(=O)O)cc1. The number of hydrogen-bond acceptors (Lipinski definition) is 4. The number of azo groups is 1. The molecule has 0 heterocycles. The van der Waals surface area contributed by atoms with E-state index in [1.54, 1.807) is 12.1 Å². The van der Waals surface area contributed by atoms with Gasteiger partial charge in [0, 0.05) is 6.54 Å². The summed E-state index contributed by atoms with van der Waals surface area (Å²) < 4.78 is 0. The Labute approximate surface area is 117 Å². The molecule has 0 saturated heterocycles. The zero-order chi connectivity index (χ0) is 14.4. The molecule has 5 nitrogen and oxygen atoms in total. The van der Waals surface area contributed by atoms with Crippen molar-refractivity contribution in [3.05, 3.63) is 54.1 Å². The zero-order valence-corrected chi connectivity index (χ0v) is 11.1. The van der Waals surface area contributed by atoms with Crippen molar-refractivity contribution in [1.82, 2.24) is 0 Å². The number of carbonyl (C=O) groups is 1. The van der Waals surface area contributed by atoms with Crippen molar-refractivity contribution < 1.29 is 9.90 Å². The van der Waals surface area contributed by atoms with Crippen LogP contribution in [0.25, 0.3) is 0 Å². The number of aromatic carboxylic acids is 1. The first kappa shape index (κ1) is 13.7. The van der Waals surface area contributed by atoms with Gasteiger partial charge in [0.1, 0.15) is 5.69 Å². The molecule has 0 atom stereocenters. The first-order chi connectivity index (χ1) is 9.70. The monoisotopic (exact) mass is 269 g/mol. The second kappa shape index (κ2) is 6.47. The number of benzene rings is 2. The molecule has 0 aliphatic heterocycles. The van der Waals surface area contributed by atoms with Crippen LogP contribution in [0, 0.1) is 0 Å². The van der Waals surface area contributed by atoms with Crippen LogP contribution in [0.5, 0.6) is 0 Å². The molecule has 2 N–H and O–H groups in total. The third-order valence-corrected chi connectivity index (χ3v) is 2.66. The lowest BCUT2D eigenvalue weighted by Gasteiger charge is -2.05. The lowest BCUT2D eigenvalue weighted by atomic mass is 10.2. The summed E-state index contributed by atoms with van der Waals surface area (Å²) in [4.78, 5) is 10.7. The van der Waals surface area contributed by atoms with Crippen LogP contribution in [0.4, 0.5) is 17.1 Å². The van der Waals surface area contributed by atoms with Gasteiger partial charge in [-0.15, -0.1) is 5.11 Å². The van der Waals surface area contributed by atoms with Gasteiger partial charge >= 0.3 is 5.97 Å². The van der Waals surface area contributed by atoms with Gasteiger partial charge < -0.3 is 10.4 Å². The van der Waals surface area contributed by atoms with E-state index in [1.807, 2.05) is 31.2 Å². The molecule has 0 amide bonds. The molecule has 0 saturated carbocycles. The summed E-state index contributed by atoms with van der Waals surface area (Å²) in [6, 6.07) is 13.9. The highest BCUT2D eigenvalue weighted by Gasteiger charge is 2.01. The number of nitrogens with one attached hydrogen (secondary N) is 1. The number of rotatable bonds is 5. The van der Waals surface area contributed by atoms with Gasteiger partial charge in [0.25, 0.3) is 0 Å². The minimum absolute atomic E-state index is 0.233. The zero-order valence-electron chi connectivity index (χ0n) is 11.1. The largest absolute Gasteiger partial charge is 0.478 e. The summed E-state index contributed by atoms with van der Waals surface area (Å²) in [5.41, 5.74) is 2.51. The van der Waals surface area contributed by atoms with Crippen LogP contribution in [0.2, 0.25) is 0 Å². The van der Waals surface area contributed by atoms with E-state index in [0.717, 1.165) is 17.9 Å². The van der Waals surface area contributed by atoms with E-state index in [9.17, 15) is 4.79 Å². The molecule has 0 aromatic heterocycles. The first-order valence-corrected chi connectivity index (χ1v) is 6.28. The lowest BCUT2D eigenvalue weighted by Crippen LogP contribution is -1.95. The minimum Gasteiger partial charge on any atom is -0.478 e. The maximum Gasteiger partial charge on any atom is 0.335 e. The van der Waals surface area contributed by atoms with E-state index >= 15 is 0 Å². The molecule has 0 aliphatic carbocycles. The van der Waals surface area contributed by atoms with Crippen molar-refractivity contribution in [3.63, 3.8) is 0 Å². The molecule has 20 heavy (non-hydrogen) atoms. The molecule has 2 aromatic carbocycles. The number of para-hydroxylation sites is 1. The molecule has 102 valence electrons. The predicted octanol–water partition coefficient (Wildman–Crippen LogP) is 4.23. The van der Waals surface area contributed by atoms with E-state index in [4.69, 9.17) is 5.11 Å². The summed E-state index contributed by atoms with van der Waals surface area (Å²) in [6.45, 7) is 2.82. The fraction of sp³-hybridized carbons (Fsp3) is 0.133. The van der Waals surface area contributed by atoms with E-state index in [-0.39, 0.29) is 5.56 Å². The van der Waals surface area contributed by atoms with Crippen LogP contribution in [-0.4, -0.2) is 17.6 Å². The van der Waals surface area contributed by atoms with E-state index in [2.05, 4.69) is 15.5 Å². The molecule has 0 spiro atoms. The predicted molar refractivity (Wildman–Crippen MR) is 78.2 cm³/mol. The van der Waals surface area contributed by atoms with Crippen molar-refractivity contribution >= 4 is 23.0 Å². The molecule has 0 unspecified atom stereocenters. The van der Waals surface area contributed by atoms with Gasteiger partial charge in [0.15, 0.2) is 0 Å². The average Bonchev–Trinajstić information content (AvgIpc) is 2.47. The Balaban J connectivity index is 2.18. The molecule has 2 rings (SSSR count). The van der Waals surface area contributed by atoms with Crippen molar-refractivity contribution in [3.8, 4) is 0 Å². The molecular formula is C15H15N3O2. The lowest BCUT2D eigenvalue weighted by molar-refractivity contribution is 0.0697. The van der Waals surface area contributed by atoms with Crippen LogP contribution in [-0.2, 0) is 0 Å². The Morgan fingerprint density at radius 2 is 1.80 bits per heavy atom. The second-order valence-corrected chi connectivity index (χ2v) is 4.10. The van der Waals surface area contributed by atoms with Gasteiger partial charge in [-0.3, -0.25) is 0 Å². The van der Waals surface area contributed by atoms with E-state index in [1.165, 1.54) is 12.1 Å². The van der Waals surface area contributed by atoms with E-state index in [0.29, 0.717) is 5.69 Å². The summed E-state index contributed by atoms with van der Waals surface area (Å²) in [7, 11) is 0. The highest BCUT2D eigenvalue weighted by Crippen LogP contribution is 2.26. The molecule has 0 aliphatic rings. The molecule has 5 heteroatoms. The fourth-order valence-corrected chi connectivity index (χ4v) is 1.68. The van der Waals surface area contributed by atoms with Crippen molar-refractivity contribution in [2.45, 2.75) is 6.92 Å². The molecular weight excluding hydrogens is 254 g/mol. The van der Waals surface area contributed by atoms with Gasteiger partial charge in [0.05, 0.1) is 16.9 Å². The average molecular weight is 269 g/mol. The number of carboxylic acid groups (broad SMARTS) is 1. The van der Waals surface area contributed by atoms with E-state index < -0.39 is 5.97 Å². The Morgan fingerprint density at radius 3 is 2.45 bits per heavy atom. The number of nitrogens with zero attached hydrogens (tertiary/aromatic N) is 2. The third-order valence-electron chi connectivity index (χ3n) is 2.66. The van der Waals surface area contributed by atoms with Crippen LogP contribution in [0.1, 0.15) is 17.3 Å². The number of anilines is 1. The summed E-state index contributed by atoms with van der Waals surface area (Å²) >= 11 is 0. The normalized spacial score (nSPS) is 10.7. The quantitative estimate of drug-likeness (QED) is 0.797. The number of carboxylic acids is 1. The van der Waals surface area contributed by atoms with Gasteiger partial charge in [-0.1, -0.05) is 12.1 Å². The molecule has 0 bridgehead atoms. The molecule has 0 fully saturated rings. The van der Waals surface area contributed by atoms with Gasteiger partial charge in [-0.05, 0) is 43.3 Å². The molecule has 0 radical (unpaired) electrons. The molecule has 2 aromatic rings. The smallest absolute Gasteiger partial charge is 0.335 e. The van der Waals surface area contributed by atoms with Crippen LogP contribution < -0.4 is 5.32 Å². The summed E-state index contributed by atoms with van der Waals surface area (Å²) in [5.74, 6) is -0.953. The Bertz CT molecular complexity index is 621. The summed E-state index contributed by atoms with van der Waals surface area (Å²) in [5, 5.41) is 20.3. The third kappa shape index (κ3) is 3.41. The Hall–Kier alpha value is -2.69.